The Balaban J connectivity index is 0.00000208. The second-order valence-electron chi connectivity index (χ2n) is 5.77. The molecule has 7 heteroatoms. The van der Waals surface area contributed by atoms with Crippen molar-refractivity contribution in [2.75, 3.05) is 26.7 Å². The van der Waals surface area contributed by atoms with E-state index in [1.54, 1.807) is 19.2 Å². The van der Waals surface area contributed by atoms with Crippen LogP contribution in [-0.4, -0.2) is 43.8 Å². The highest BCUT2D eigenvalue weighted by Gasteiger charge is 2.15. The number of ether oxygens (including phenoxy) is 1. The number of aromatic amines is 1. The maximum Gasteiger partial charge on any atom is 0.191 e. The third kappa shape index (κ3) is 4.83. The average Bonchev–Trinajstić information content (AvgIpc) is 3.20. The summed E-state index contributed by atoms with van der Waals surface area (Å²) in [6.45, 7) is 2.36. The number of fused-ring (bicyclic) bond motifs is 1. The summed E-state index contributed by atoms with van der Waals surface area (Å²) in [5.41, 5.74) is 2.06. The fourth-order valence-electron chi connectivity index (χ4n) is 2.91. The first-order valence-electron chi connectivity index (χ1n) is 8.08. The van der Waals surface area contributed by atoms with Gasteiger partial charge in [0.25, 0.3) is 0 Å². The van der Waals surface area contributed by atoms with Crippen LogP contribution in [0.5, 0.6) is 0 Å². The molecule has 1 aromatic carbocycles. The lowest BCUT2D eigenvalue weighted by Gasteiger charge is -2.14. The van der Waals surface area contributed by atoms with Crippen LogP contribution < -0.4 is 10.6 Å². The first-order valence-corrected chi connectivity index (χ1v) is 8.08. The molecule has 0 saturated carbocycles. The molecule has 1 aliphatic rings. The van der Waals surface area contributed by atoms with E-state index in [4.69, 9.17) is 4.74 Å². The Morgan fingerprint density at radius 1 is 1.42 bits per heavy atom. The average molecular weight is 446 g/mol. The second-order valence-corrected chi connectivity index (χ2v) is 5.77. The number of aliphatic imine (C=N–C) groups is 1. The van der Waals surface area contributed by atoms with Crippen molar-refractivity contribution in [1.82, 2.24) is 15.6 Å². The minimum absolute atomic E-state index is 0. The maximum absolute atomic E-state index is 13.4. The predicted molar refractivity (Wildman–Crippen MR) is 106 cm³/mol. The van der Waals surface area contributed by atoms with Crippen LogP contribution in [-0.2, 0) is 11.2 Å². The fraction of sp³-hybridized carbons (Fsp3) is 0.471. The van der Waals surface area contributed by atoms with Gasteiger partial charge in [0.05, 0.1) is 6.10 Å². The van der Waals surface area contributed by atoms with E-state index in [9.17, 15) is 4.39 Å². The molecule has 1 unspecified atom stereocenters. The number of nitrogens with zero attached hydrogens (tertiary/aromatic N) is 1. The minimum atomic E-state index is -0.208. The fourth-order valence-corrected chi connectivity index (χ4v) is 2.91. The van der Waals surface area contributed by atoms with Crippen molar-refractivity contribution in [3.05, 3.63) is 35.8 Å². The van der Waals surface area contributed by atoms with E-state index >= 15 is 0 Å². The molecule has 1 atom stereocenters. The van der Waals surface area contributed by atoms with Crippen LogP contribution in [0.3, 0.4) is 0 Å². The Morgan fingerprint density at radius 3 is 3.04 bits per heavy atom. The molecule has 0 spiro atoms. The smallest absolute Gasteiger partial charge is 0.191 e. The quantitative estimate of drug-likeness (QED) is 0.376. The van der Waals surface area contributed by atoms with Gasteiger partial charge in [0, 0.05) is 43.8 Å². The summed E-state index contributed by atoms with van der Waals surface area (Å²) in [6, 6.07) is 4.81. The van der Waals surface area contributed by atoms with Gasteiger partial charge < -0.3 is 20.4 Å². The summed E-state index contributed by atoms with van der Waals surface area (Å²) in [4.78, 5) is 7.39. The van der Waals surface area contributed by atoms with Gasteiger partial charge in [-0.3, -0.25) is 4.99 Å². The lowest BCUT2D eigenvalue weighted by atomic mass is 10.1. The van der Waals surface area contributed by atoms with E-state index in [1.165, 1.54) is 6.07 Å². The Morgan fingerprint density at radius 2 is 2.29 bits per heavy atom. The molecule has 2 heterocycles. The van der Waals surface area contributed by atoms with Gasteiger partial charge in [0.1, 0.15) is 5.82 Å². The number of H-pyrrole nitrogens is 1. The molecule has 0 aliphatic carbocycles. The van der Waals surface area contributed by atoms with E-state index in [-0.39, 0.29) is 35.9 Å². The van der Waals surface area contributed by atoms with Gasteiger partial charge in [0.2, 0.25) is 0 Å². The molecule has 2 aromatic rings. The molecule has 24 heavy (non-hydrogen) atoms. The highest BCUT2D eigenvalue weighted by Crippen LogP contribution is 2.19. The largest absolute Gasteiger partial charge is 0.376 e. The molecule has 132 valence electrons. The number of hydrogen-bond donors (Lipinski definition) is 3. The summed E-state index contributed by atoms with van der Waals surface area (Å²) in [7, 11) is 1.76. The molecule has 1 aliphatic heterocycles. The van der Waals surface area contributed by atoms with Gasteiger partial charge in [-0.05, 0) is 43.0 Å². The molecule has 5 nitrogen and oxygen atoms in total. The molecule has 1 fully saturated rings. The van der Waals surface area contributed by atoms with Gasteiger partial charge in [-0.25, -0.2) is 4.39 Å². The lowest BCUT2D eigenvalue weighted by Crippen LogP contribution is -2.41. The summed E-state index contributed by atoms with van der Waals surface area (Å²) in [6.07, 6.45) is 5.25. The number of halogens is 2. The number of benzene rings is 1. The number of rotatable bonds is 5. The maximum atomic E-state index is 13.4. The second kappa shape index (κ2) is 9.22. The summed E-state index contributed by atoms with van der Waals surface area (Å²) in [5, 5.41) is 7.51. The van der Waals surface area contributed by atoms with E-state index < -0.39 is 0 Å². The van der Waals surface area contributed by atoms with Gasteiger partial charge in [0.15, 0.2) is 5.96 Å². The van der Waals surface area contributed by atoms with Gasteiger partial charge in [-0.2, -0.15) is 0 Å². The third-order valence-electron chi connectivity index (χ3n) is 4.16. The Hall–Kier alpha value is -1.35. The zero-order valence-electron chi connectivity index (χ0n) is 13.8. The Bertz CT molecular complexity index is 682. The first kappa shape index (κ1) is 19.0. The summed E-state index contributed by atoms with van der Waals surface area (Å²) >= 11 is 0. The Kier molecular flexibility index (Phi) is 7.29. The molecule has 3 rings (SSSR count). The molecule has 1 aromatic heterocycles. The van der Waals surface area contributed by atoms with Crippen LogP contribution >= 0.6 is 24.0 Å². The van der Waals surface area contributed by atoms with E-state index in [0.29, 0.717) is 0 Å². The molecular formula is C17H24FIN4O. The van der Waals surface area contributed by atoms with Crippen LogP contribution in [0.4, 0.5) is 4.39 Å². The highest BCUT2D eigenvalue weighted by atomic mass is 127. The molecular weight excluding hydrogens is 422 g/mol. The zero-order chi connectivity index (χ0) is 16.1. The van der Waals surface area contributed by atoms with Gasteiger partial charge >= 0.3 is 0 Å². The van der Waals surface area contributed by atoms with Crippen LogP contribution in [0.2, 0.25) is 0 Å². The minimum Gasteiger partial charge on any atom is -0.376 e. The number of nitrogens with one attached hydrogen (secondary N) is 3. The van der Waals surface area contributed by atoms with Crippen molar-refractivity contribution in [2.24, 2.45) is 4.99 Å². The SMILES string of the molecule is CN=C(NCCc1c[nH]c2ccc(F)cc12)NCC1CCCO1.I. The van der Waals surface area contributed by atoms with Crippen LogP contribution in [0, 0.1) is 5.82 Å². The lowest BCUT2D eigenvalue weighted by molar-refractivity contribution is 0.114. The number of guanidine groups is 1. The monoisotopic (exact) mass is 446 g/mol. The van der Waals surface area contributed by atoms with E-state index in [0.717, 1.165) is 61.4 Å². The summed E-state index contributed by atoms with van der Waals surface area (Å²) in [5.74, 6) is 0.562. The number of aromatic nitrogens is 1. The van der Waals surface area contributed by atoms with E-state index in [2.05, 4.69) is 20.6 Å². The summed E-state index contributed by atoms with van der Waals surface area (Å²) < 4.78 is 19.0. The topological polar surface area (TPSA) is 61.4 Å². The normalized spacial score (nSPS) is 17.8. The number of hydrogen-bond acceptors (Lipinski definition) is 2. The molecule has 0 radical (unpaired) electrons. The first-order chi connectivity index (χ1) is 11.3. The molecule has 0 bridgehead atoms. The van der Waals surface area contributed by atoms with Crippen LogP contribution in [0.1, 0.15) is 18.4 Å². The van der Waals surface area contributed by atoms with Gasteiger partial charge in [-0.1, -0.05) is 0 Å². The van der Waals surface area contributed by atoms with Crippen molar-refractivity contribution in [3.8, 4) is 0 Å². The highest BCUT2D eigenvalue weighted by molar-refractivity contribution is 14.0. The third-order valence-corrected chi connectivity index (χ3v) is 4.16. The standard InChI is InChI=1S/C17H23FN4O.HI/c1-19-17(22-11-14-3-2-8-23-14)20-7-6-12-10-21-16-5-4-13(18)9-15(12)16;/h4-5,9-10,14,21H,2-3,6-8,11H2,1H3,(H2,19,20,22);1H. The van der Waals surface area contributed by atoms with Crippen LogP contribution in [0.25, 0.3) is 10.9 Å². The van der Waals surface area contributed by atoms with Crippen molar-refractivity contribution in [1.29, 1.82) is 0 Å². The zero-order valence-corrected chi connectivity index (χ0v) is 16.1. The predicted octanol–water partition coefficient (Wildman–Crippen LogP) is 2.81. The molecule has 0 amide bonds. The van der Waals surface area contributed by atoms with Crippen molar-refractivity contribution in [2.45, 2.75) is 25.4 Å². The molecule has 1 saturated heterocycles. The van der Waals surface area contributed by atoms with E-state index in [1.807, 2.05) is 6.20 Å². The van der Waals surface area contributed by atoms with Crippen molar-refractivity contribution >= 4 is 40.8 Å². The van der Waals surface area contributed by atoms with Crippen molar-refractivity contribution in [3.63, 3.8) is 0 Å². The Labute approximate surface area is 158 Å². The van der Waals surface area contributed by atoms with Crippen LogP contribution in [0.15, 0.2) is 29.4 Å². The van der Waals surface area contributed by atoms with Gasteiger partial charge in [-0.15, -0.1) is 24.0 Å². The molecule has 3 N–H and O–H groups in total. The van der Waals surface area contributed by atoms with Crippen molar-refractivity contribution < 1.29 is 9.13 Å².